The molecule has 0 saturated heterocycles. The molecule has 0 atom stereocenters. The van der Waals surface area contributed by atoms with Crippen molar-refractivity contribution < 1.29 is 9.53 Å². The summed E-state index contributed by atoms with van der Waals surface area (Å²) in [5, 5.41) is 3.51. The van der Waals surface area contributed by atoms with Gasteiger partial charge in [0.15, 0.2) is 0 Å². The van der Waals surface area contributed by atoms with E-state index in [4.69, 9.17) is 16.3 Å². The second-order valence-corrected chi connectivity index (χ2v) is 6.44. The molecule has 2 heterocycles. The molecule has 26 heavy (non-hydrogen) atoms. The number of carbonyl (C=O) groups is 1. The Morgan fingerprint density at radius 1 is 1.27 bits per heavy atom. The molecular weight excluding hydrogens is 376 g/mol. The first-order valence-electron chi connectivity index (χ1n) is 7.73. The molecule has 0 aliphatic heterocycles. The summed E-state index contributed by atoms with van der Waals surface area (Å²) >= 11 is 7.12. The molecule has 0 unspecified atom stereocenters. The predicted octanol–water partition coefficient (Wildman–Crippen LogP) is 2.99. The number of hydrogen-bond acceptors (Lipinski definition) is 6. The average molecular weight is 391 g/mol. The highest BCUT2D eigenvalue weighted by molar-refractivity contribution is 7.09. The van der Waals surface area contributed by atoms with Crippen LogP contribution in [0.25, 0.3) is 0 Å². The quantitative estimate of drug-likeness (QED) is 0.699. The highest BCUT2D eigenvalue weighted by atomic mass is 35.5. The van der Waals surface area contributed by atoms with Crippen LogP contribution in [-0.2, 0) is 6.54 Å². The maximum atomic E-state index is 12.5. The second-order valence-electron chi connectivity index (χ2n) is 5.28. The number of halogens is 1. The van der Waals surface area contributed by atoms with Crippen molar-refractivity contribution in [2.45, 2.75) is 13.5 Å². The molecule has 3 rings (SSSR count). The van der Waals surface area contributed by atoms with Gasteiger partial charge < -0.3 is 9.30 Å². The third-order valence-corrected chi connectivity index (χ3v) is 4.47. The number of aromatic nitrogens is 3. The summed E-state index contributed by atoms with van der Waals surface area (Å²) in [6, 6.07) is 11.6. The summed E-state index contributed by atoms with van der Waals surface area (Å²) in [6.07, 6.45) is 0. The summed E-state index contributed by atoms with van der Waals surface area (Å²) in [5.74, 6) is 0.661. The smallest absolute Gasteiger partial charge is 0.274 e. The summed E-state index contributed by atoms with van der Waals surface area (Å²) in [7, 11) is 0. The van der Waals surface area contributed by atoms with Crippen molar-refractivity contribution >= 4 is 34.2 Å². The van der Waals surface area contributed by atoms with Gasteiger partial charge >= 0.3 is 0 Å². The standard InChI is InChI=1S/C17H15ClN4O3S/c1-11-19-17(26-21-11)20-16(24)13-6-4-8-15(23)22(13)9-10-25-14-7-3-2-5-12(14)18/h2-8H,9-10H2,1H3,(H,19,20,21,24). The number of aryl methyl sites for hydroxylation is 1. The van der Waals surface area contributed by atoms with Crippen LogP contribution in [0.3, 0.4) is 0 Å². The second kappa shape index (κ2) is 8.11. The van der Waals surface area contributed by atoms with Gasteiger partial charge in [0.05, 0.1) is 11.6 Å². The number of nitrogens with one attached hydrogen (secondary N) is 1. The van der Waals surface area contributed by atoms with E-state index in [2.05, 4.69) is 14.7 Å². The highest BCUT2D eigenvalue weighted by Crippen LogP contribution is 2.23. The highest BCUT2D eigenvalue weighted by Gasteiger charge is 2.14. The number of amides is 1. The van der Waals surface area contributed by atoms with Gasteiger partial charge in [0.25, 0.3) is 11.5 Å². The average Bonchev–Trinajstić information content (AvgIpc) is 3.02. The minimum atomic E-state index is -0.434. The fourth-order valence-electron chi connectivity index (χ4n) is 2.27. The first-order valence-corrected chi connectivity index (χ1v) is 8.88. The number of benzene rings is 1. The van der Waals surface area contributed by atoms with Crippen LogP contribution in [0.5, 0.6) is 5.75 Å². The number of rotatable bonds is 6. The Morgan fingerprint density at radius 2 is 2.08 bits per heavy atom. The van der Waals surface area contributed by atoms with Crippen molar-refractivity contribution in [3.8, 4) is 5.75 Å². The minimum absolute atomic E-state index is 0.186. The minimum Gasteiger partial charge on any atom is -0.490 e. The maximum Gasteiger partial charge on any atom is 0.274 e. The molecule has 1 aromatic carbocycles. The van der Waals surface area contributed by atoms with E-state index < -0.39 is 5.91 Å². The van der Waals surface area contributed by atoms with Gasteiger partial charge in [0.2, 0.25) is 5.13 Å². The molecule has 3 aromatic rings. The van der Waals surface area contributed by atoms with Crippen LogP contribution in [0.4, 0.5) is 5.13 Å². The van der Waals surface area contributed by atoms with Crippen LogP contribution < -0.4 is 15.6 Å². The van der Waals surface area contributed by atoms with Gasteiger partial charge in [0, 0.05) is 17.6 Å². The Bertz CT molecular complexity index is 986. The molecule has 1 amide bonds. The van der Waals surface area contributed by atoms with Crippen LogP contribution in [0, 0.1) is 6.92 Å². The van der Waals surface area contributed by atoms with Crippen molar-refractivity contribution in [2.75, 3.05) is 11.9 Å². The topological polar surface area (TPSA) is 86.1 Å². The van der Waals surface area contributed by atoms with Crippen molar-refractivity contribution in [2.24, 2.45) is 0 Å². The molecular formula is C17H15ClN4O3S. The Labute approximate surface area is 158 Å². The fourth-order valence-corrected chi connectivity index (χ4v) is 3.03. The number of hydrogen-bond donors (Lipinski definition) is 1. The van der Waals surface area contributed by atoms with E-state index in [-0.39, 0.29) is 24.4 Å². The number of anilines is 1. The monoisotopic (exact) mass is 390 g/mol. The number of para-hydroxylation sites is 1. The molecule has 7 nitrogen and oxygen atoms in total. The third kappa shape index (κ3) is 4.27. The fraction of sp³-hybridized carbons (Fsp3) is 0.176. The first kappa shape index (κ1) is 18.1. The zero-order valence-electron chi connectivity index (χ0n) is 13.8. The van der Waals surface area contributed by atoms with Crippen molar-refractivity contribution in [3.63, 3.8) is 0 Å². The van der Waals surface area contributed by atoms with Gasteiger partial charge in [-0.3, -0.25) is 14.9 Å². The number of pyridine rings is 1. The van der Waals surface area contributed by atoms with Crippen LogP contribution in [-0.4, -0.2) is 26.4 Å². The van der Waals surface area contributed by atoms with Crippen molar-refractivity contribution in [1.82, 2.24) is 13.9 Å². The lowest BCUT2D eigenvalue weighted by Gasteiger charge is -2.13. The summed E-state index contributed by atoms with van der Waals surface area (Å²) in [5.41, 5.74) is -0.0815. The number of carbonyl (C=O) groups excluding carboxylic acids is 1. The van der Waals surface area contributed by atoms with Gasteiger partial charge in [-0.05, 0) is 25.1 Å². The normalized spacial score (nSPS) is 10.5. The number of nitrogens with zero attached hydrogens (tertiary/aromatic N) is 3. The van der Waals surface area contributed by atoms with Crippen LogP contribution in [0.2, 0.25) is 5.02 Å². The molecule has 0 spiro atoms. The molecule has 134 valence electrons. The Hall–Kier alpha value is -2.71. The van der Waals surface area contributed by atoms with Crippen LogP contribution in [0.1, 0.15) is 16.3 Å². The summed E-state index contributed by atoms with van der Waals surface area (Å²) in [6.45, 7) is 2.12. The van der Waals surface area contributed by atoms with Crippen LogP contribution >= 0.6 is 23.1 Å². The van der Waals surface area contributed by atoms with E-state index in [1.54, 1.807) is 37.3 Å². The van der Waals surface area contributed by atoms with E-state index in [0.29, 0.717) is 21.7 Å². The molecule has 9 heteroatoms. The number of ether oxygens (including phenoxy) is 1. The lowest BCUT2D eigenvalue weighted by atomic mass is 10.3. The van der Waals surface area contributed by atoms with Gasteiger partial charge in [-0.25, -0.2) is 4.98 Å². The van der Waals surface area contributed by atoms with E-state index >= 15 is 0 Å². The molecule has 0 radical (unpaired) electrons. The van der Waals surface area contributed by atoms with E-state index in [9.17, 15) is 9.59 Å². The predicted molar refractivity (Wildman–Crippen MR) is 100 cm³/mol. The SMILES string of the molecule is Cc1nsc(NC(=O)c2cccc(=O)n2CCOc2ccccc2Cl)n1. The molecule has 2 aromatic heterocycles. The lowest BCUT2D eigenvalue weighted by Crippen LogP contribution is -2.29. The zero-order chi connectivity index (χ0) is 18.5. The van der Waals surface area contributed by atoms with E-state index in [1.165, 1.54) is 16.7 Å². The van der Waals surface area contributed by atoms with E-state index in [1.807, 2.05) is 0 Å². The third-order valence-electron chi connectivity index (χ3n) is 3.44. The van der Waals surface area contributed by atoms with Gasteiger partial charge in [-0.1, -0.05) is 29.8 Å². The largest absolute Gasteiger partial charge is 0.490 e. The molecule has 0 bridgehead atoms. The Balaban J connectivity index is 1.73. The van der Waals surface area contributed by atoms with Gasteiger partial charge in [-0.15, -0.1) is 0 Å². The molecule has 1 N–H and O–H groups in total. The Morgan fingerprint density at radius 3 is 2.81 bits per heavy atom. The maximum absolute atomic E-state index is 12.5. The van der Waals surface area contributed by atoms with Crippen LogP contribution in [0.15, 0.2) is 47.3 Å². The molecule has 0 aliphatic rings. The molecule has 0 aliphatic carbocycles. The van der Waals surface area contributed by atoms with E-state index in [0.717, 1.165) is 11.5 Å². The van der Waals surface area contributed by atoms with Gasteiger partial charge in [0.1, 0.15) is 23.9 Å². The lowest BCUT2D eigenvalue weighted by molar-refractivity contribution is 0.101. The molecule has 0 saturated carbocycles. The van der Waals surface area contributed by atoms with Crippen molar-refractivity contribution in [3.05, 3.63) is 69.4 Å². The van der Waals surface area contributed by atoms with Crippen molar-refractivity contribution in [1.29, 1.82) is 0 Å². The summed E-state index contributed by atoms with van der Waals surface area (Å²) in [4.78, 5) is 28.8. The molecule has 0 fully saturated rings. The first-order chi connectivity index (χ1) is 12.5. The zero-order valence-corrected chi connectivity index (χ0v) is 15.4. The Kier molecular flexibility index (Phi) is 5.65. The van der Waals surface area contributed by atoms with Gasteiger partial charge in [-0.2, -0.15) is 4.37 Å². The summed E-state index contributed by atoms with van der Waals surface area (Å²) < 4.78 is 11.0.